The first kappa shape index (κ1) is 12.5. The third kappa shape index (κ3) is 2.83. The van der Waals surface area contributed by atoms with Crippen molar-refractivity contribution >= 4 is 5.97 Å². The van der Waals surface area contributed by atoms with Crippen LogP contribution in [0.5, 0.6) is 0 Å². The van der Waals surface area contributed by atoms with Gasteiger partial charge < -0.3 is 15.2 Å². The van der Waals surface area contributed by atoms with Gasteiger partial charge in [-0.25, -0.2) is 4.79 Å². The van der Waals surface area contributed by atoms with Crippen LogP contribution in [0.2, 0.25) is 0 Å². The topological polar surface area (TPSA) is 58.6 Å². The Labute approximate surface area is 106 Å². The monoisotopic (exact) mass is 247 g/mol. The first-order chi connectivity index (χ1) is 8.70. The molecule has 0 atom stereocenters. The van der Waals surface area contributed by atoms with Crippen LogP contribution >= 0.6 is 0 Å². The molecule has 0 spiro atoms. The maximum Gasteiger partial charge on any atom is 0.335 e. The highest BCUT2D eigenvalue weighted by Crippen LogP contribution is 2.21. The van der Waals surface area contributed by atoms with E-state index in [-0.39, 0.29) is 5.97 Å². The minimum absolute atomic E-state index is 0.273. The number of fused-ring (bicyclic) bond motifs is 1. The number of allylic oxidation sites excluding steroid dienone is 5. The van der Waals surface area contributed by atoms with Crippen LogP contribution < -0.4 is 5.32 Å². The Morgan fingerprint density at radius 1 is 1.50 bits per heavy atom. The quantitative estimate of drug-likeness (QED) is 0.734. The van der Waals surface area contributed by atoms with Crippen molar-refractivity contribution in [3.8, 4) is 0 Å². The van der Waals surface area contributed by atoms with E-state index in [9.17, 15) is 9.90 Å². The second kappa shape index (κ2) is 5.58. The number of carbonyl (C=O) groups is 1. The lowest BCUT2D eigenvalue weighted by atomic mass is 9.99. The van der Waals surface area contributed by atoms with Gasteiger partial charge in [-0.3, -0.25) is 0 Å². The molecule has 4 nitrogen and oxygen atoms in total. The molecule has 1 aliphatic heterocycles. The molecule has 0 radical (unpaired) electrons. The molecule has 2 aliphatic rings. The standard InChI is InChI=1S/C14H17NO3/c1-2-18-14(17)11-8-10-4-3-5-12(16)6-7-13(10)15-9-11/h4,6-8,15-16H,2-3,5,9H2,1H3/b10-4?,12-6+,13-7+. The Hall–Kier alpha value is -1.97. The van der Waals surface area contributed by atoms with E-state index in [0.717, 1.165) is 17.7 Å². The van der Waals surface area contributed by atoms with Crippen LogP contribution in [0, 0.1) is 0 Å². The van der Waals surface area contributed by atoms with Crippen LogP contribution in [-0.2, 0) is 9.53 Å². The van der Waals surface area contributed by atoms with Gasteiger partial charge in [-0.15, -0.1) is 0 Å². The molecule has 2 N–H and O–H groups in total. The summed E-state index contributed by atoms with van der Waals surface area (Å²) in [6.45, 7) is 2.63. The van der Waals surface area contributed by atoms with Crippen LogP contribution in [0.1, 0.15) is 19.8 Å². The molecular formula is C14H17NO3. The summed E-state index contributed by atoms with van der Waals surface area (Å²) in [5, 5.41) is 12.7. The van der Waals surface area contributed by atoms with Gasteiger partial charge in [0.25, 0.3) is 0 Å². The third-order valence-corrected chi connectivity index (χ3v) is 2.85. The number of carbonyl (C=O) groups excluding carboxylic acids is 1. The number of hydrogen-bond donors (Lipinski definition) is 2. The highest BCUT2D eigenvalue weighted by atomic mass is 16.5. The van der Waals surface area contributed by atoms with E-state index in [4.69, 9.17) is 4.74 Å². The molecule has 0 unspecified atom stereocenters. The van der Waals surface area contributed by atoms with Crippen molar-refractivity contribution in [3.63, 3.8) is 0 Å². The van der Waals surface area contributed by atoms with Gasteiger partial charge in [0.05, 0.1) is 17.9 Å². The van der Waals surface area contributed by atoms with Crippen molar-refractivity contribution in [2.75, 3.05) is 13.2 Å². The normalized spacial score (nSPS) is 24.7. The zero-order valence-electron chi connectivity index (χ0n) is 10.4. The van der Waals surface area contributed by atoms with E-state index < -0.39 is 0 Å². The molecule has 4 heteroatoms. The van der Waals surface area contributed by atoms with Gasteiger partial charge in [-0.2, -0.15) is 0 Å². The molecule has 0 aromatic rings. The number of hydrogen-bond acceptors (Lipinski definition) is 4. The van der Waals surface area contributed by atoms with Gasteiger partial charge in [-0.1, -0.05) is 6.08 Å². The first-order valence-corrected chi connectivity index (χ1v) is 6.12. The minimum Gasteiger partial charge on any atom is -0.512 e. The molecule has 18 heavy (non-hydrogen) atoms. The van der Waals surface area contributed by atoms with E-state index in [1.54, 1.807) is 13.0 Å². The van der Waals surface area contributed by atoms with E-state index in [2.05, 4.69) is 5.32 Å². The Balaban J connectivity index is 2.24. The van der Waals surface area contributed by atoms with E-state index in [1.807, 2.05) is 18.2 Å². The van der Waals surface area contributed by atoms with Gasteiger partial charge in [0, 0.05) is 18.7 Å². The summed E-state index contributed by atoms with van der Waals surface area (Å²) in [4.78, 5) is 11.6. The van der Waals surface area contributed by atoms with Gasteiger partial charge in [0.2, 0.25) is 0 Å². The molecule has 0 bridgehead atoms. The highest BCUT2D eigenvalue weighted by Gasteiger charge is 2.18. The first-order valence-electron chi connectivity index (χ1n) is 6.12. The second-order valence-electron chi connectivity index (χ2n) is 4.18. The third-order valence-electron chi connectivity index (χ3n) is 2.85. The largest absolute Gasteiger partial charge is 0.512 e. The average Bonchev–Trinajstić information content (AvgIpc) is 2.35. The summed E-state index contributed by atoms with van der Waals surface area (Å²) in [6, 6.07) is 0. The van der Waals surface area contributed by atoms with Crippen LogP contribution in [0.15, 0.2) is 46.9 Å². The van der Waals surface area contributed by atoms with Gasteiger partial charge >= 0.3 is 5.97 Å². The molecule has 0 aromatic carbocycles. The molecule has 0 saturated heterocycles. The Morgan fingerprint density at radius 2 is 2.33 bits per heavy atom. The predicted molar refractivity (Wildman–Crippen MR) is 68.8 cm³/mol. The lowest BCUT2D eigenvalue weighted by Crippen LogP contribution is -2.27. The lowest BCUT2D eigenvalue weighted by molar-refractivity contribution is -0.138. The van der Waals surface area contributed by atoms with Crippen LogP contribution in [-0.4, -0.2) is 24.2 Å². The Morgan fingerprint density at radius 3 is 3.11 bits per heavy atom. The number of rotatable bonds is 2. The van der Waals surface area contributed by atoms with Crippen molar-refractivity contribution in [2.24, 2.45) is 0 Å². The summed E-state index contributed by atoms with van der Waals surface area (Å²) in [6.07, 6.45) is 8.77. The number of aliphatic hydroxyl groups is 1. The fourth-order valence-corrected chi connectivity index (χ4v) is 1.93. The Bertz CT molecular complexity index is 469. The summed E-state index contributed by atoms with van der Waals surface area (Å²) in [7, 11) is 0. The van der Waals surface area contributed by atoms with Gasteiger partial charge in [0.1, 0.15) is 0 Å². The summed E-state index contributed by atoms with van der Waals surface area (Å²) < 4.78 is 4.99. The van der Waals surface area contributed by atoms with Gasteiger partial charge in [0.15, 0.2) is 0 Å². The molecule has 0 fully saturated rings. The van der Waals surface area contributed by atoms with Crippen molar-refractivity contribution < 1.29 is 14.6 Å². The minimum atomic E-state index is -0.273. The number of ether oxygens (including phenoxy) is 1. The molecule has 2 rings (SSSR count). The van der Waals surface area contributed by atoms with Crippen molar-refractivity contribution in [3.05, 3.63) is 46.9 Å². The second-order valence-corrected chi connectivity index (χ2v) is 4.18. The van der Waals surface area contributed by atoms with E-state index >= 15 is 0 Å². The van der Waals surface area contributed by atoms with Crippen molar-refractivity contribution in [1.29, 1.82) is 0 Å². The molecule has 1 heterocycles. The molecule has 0 amide bonds. The van der Waals surface area contributed by atoms with Gasteiger partial charge in [-0.05, 0) is 37.1 Å². The van der Waals surface area contributed by atoms with E-state index in [1.165, 1.54) is 0 Å². The zero-order chi connectivity index (χ0) is 13.0. The number of esters is 1. The smallest absolute Gasteiger partial charge is 0.335 e. The molecule has 1 aliphatic carbocycles. The fraction of sp³-hybridized carbons (Fsp3) is 0.357. The van der Waals surface area contributed by atoms with E-state index in [0.29, 0.717) is 30.9 Å². The number of nitrogens with one attached hydrogen (secondary N) is 1. The van der Waals surface area contributed by atoms with Crippen molar-refractivity contribution in [1.82, 2.24) is 5.32 Å². The lowest BCUT2D eigenvalue weighted by Gasteiger charge is -2.20. The summed E-state index contributed by atoms with van der Waals surface area (Å²) in [5.41, 5.74) is 2.54. The molecule has 0 aromatic heterocycles. The number of aliphatic hydroxyl groups excluding tert-OH is 1. The highest BCUT2D eigenvalue weighted by molar-refractivity contribution is 5.90. The summed E-state index contributed by atoms with van der Waals surface area (Å²) >= 11 is 0. The van der Waals surface area contributed by atoms with Crippen LogP contribution in [0.25, 0.3) is 0 Å². The molecule has 0 saturated carbocycles. The Kier molecular flexibility index (Phi) is 3.87. The maximum absolute atomic E-state index is 11.6. The molecule has 96 valence electrons. The molecular weight excluding hydrogens is 230 g/mol. The zero-order valence-corrected chi connectivity index (χ0v) is 10.4. The fourth-order valence-electron chi connectivity index (χ4n) is 1.93. The van der Waals surface area contributed by atoms with Crippen LogP contribution in [0.3, 0.4) is 0 Å². The SMILES string of the molecule is CCOC(=O)C1=CC2=CCC/C(O)=C\C=C/2NC1. The predicted octanol–water partition coefficient (Wildman–Crippen LogP) is 2.13. The summed E-state index contributed by atoms with van der Waals surface area (Å²) in [5.74, 6) is 0.102. The van der Waals surface area contributed by atoms with Crippen LogP contribution in [0.4, 0.5) is 0 Å². The van der Waals surface area contributed by atoms with Crippen molar-refractivity contribution in [2.45, 2.75) is 19.8 Å². The average molecular weight is 247 g/mol. The maximum atomic E-state index is 11.6.